The van der Waals surface area contributed by atoms with Gasteiger partial charge in [0, 0.05) is 5.92 Å². The highest BCUT2D eigenvalue weighted by molar-refractivity contribution is 5.37. The number of ether oxygens (including phenoxy) is 2. The number of rotatable bonds is 5. The van der Waals surface area contributed by atoms with E-state index in [9.17, 15) is 4.79 Å². The molecule has 0 bridgehead atoms. The predicted molar refractivity (Wildman–Crippen MR) is 53.7 cm³/mol. The molecule has 3 nitrogen and oxygen atoms in total. The summed E-state index contributed by atoms with van der Waals surface area (Å²) in [6, 6.07) is 0. The molecule has 1 atom stereocenters. The molecule has 82 valence electrons. The van der Waals surface area contributed by atoms with Gasteiger partial charge in [0.1, 0.15) is 0 Å². The summed E-state index contributed by atoms with van der Waals surface area (Å²) in [5, 5.41) is 0. The highest BCUT2D eigenvalue weighted by Gasteiger charge is 2.22. The third kappa shape index (κ3) is 3.66. The molecule has 0 radical (unpaired) electrons. The van der Waals surface area contributed by atoms with E-state index < -0.39 is 0 Å². The van der Waals surface area contributed by atoms with E-state index >= 15 is 0 Å². The third-order valence-electron chi connectivity index (χ3n) is 2.61. The number of carbonyl (C=O) groups excluding carboxylic acids is 1. The average molecular weight is 200 g/mol. The van der Waals surface area contributed by atoms with Gasteiger partial charge in [0.25, 0.3) is 6.47 Å². The molecule has 14 heavy (non-hydrogen) atoms. The van der Waals surface area contributed by atoms with Crippen molar-refractivity contribution in [3.8, 4) is 0 Å². The Kier molecular flexibility index (Phi) is 4.94. The Morgan fingerprint density at radius 3 is 2.36 bits per heavy atom. The zero-order valence-corrected chi connectivity index (χ0v) is 9.07. The smallest absolute Gasteiger partial charge is 0.295 e. The Morgan fingerprint density at radius 1 is 1.21 bits per heavy atom. The summed E-state index contributed by atoms with van der Waals surface area (Å²) >= 11 is 0. The highest BCUT2D eigenvalue weighted by atomic mass is 16.7. The van der Waals surface area contributed by atoms with Crippen LogP contribution < -0.4 is 0 Å². The first-order valence-corrected chi connectivity index (χ1v) is 5.48. The summed E-state index contributed by atoms with van der Waals surface area (Å²) < 4.78 is 10.6. The van der Waals surface area contributed by atoms with Crippen molar-refractivity contribution < 1.29 is 14.3 Å². The summed E-state index contributed by atoms with van der Waals surface area (Å²) in [4.78, 5) is 10.3. The summed E-state index contributed by atoms with van der Waals surface area (Å²) in [7, 11) is 0. The first-order valence-electron chi connectivity index (χ1n) is 5.48. The number of carbonyl (C=O) groups is 1. The molecule has 0 aromatic rings. The van der Waals surface area contributed by atoms with E-state index in [4.69, 9.17) is 9.47 Å². The lowest BCUT2D eigenvalue weighted by molar-refractivity contribution is -0.193. The van der Waals surface area contributed by atoms with Gasteiger partial charge in [-0.15, -0.1) is 0 Å². The second-order valence-corrected chi connectivity index (χ2v) is 4.24. The lowest BCUT2D eigenvalue weighted by Gasteiger charge is -2.28. The standard InChI is InChI=1S/C11H20O3/c1-9(2)11(13-8-12)14-10-6-4-3-5-7-10/h8-11H,3-7H2,1-2H3. The van der Waals surface area contributed by atoms with E-state index in [0.29, 0.717) is 6.47 Å². The van der Waals surface area contributed by atoms with E-state index in [1.165, 1.54) is 19.3 Å². The van der Waals surface area contributed by atoms with Gasteiger partial charge in [-0.3, -0.25) is 4.79 Å². The normalized spacial score (nSPS) is 20.8. The topological polar surface area (TPSA) is 35.5 Å². The molecule has 3 heteroatoms. The zero-order chi connectivity index (χ0) is 10.4. The van der Waals surface area contributed by atoms with Crippen molar-refractivity contribution >= 4 is 6.47 Å². The van der Waals surface area contributed by atoms with Gasteiger partial charge in [-0.05, 0) is 12.8 Å². The molecule has 0 amide bonds. The fourth-order valence-electron chi connectivity index (χ4n) is 1.79. The van der Waals surface area contributed by atoms with Crippen molar-refractivity contribution in [2.45, 2.75) is 58.3 Å². The molecule has 1 saturated carbocycles. The minimum absolute atomic E-state index is 0.224. The van der Waals surface area contributed by atoms with Gasteiger partial charge in [0.05, 0.1) is 6.10 Å². The quantitative estimate of drug-likeness (QED) is 0.505. The van der Waals surface area contributed by atoms with Gasteiger partial charge >= 0.3 is 0 Å². The van der Waals surface area contributed by atoms with Crippen LogP contribution in [0.1, 0.15) is 46.0 Å². The van der Waals surface area contributed by atoms with E-state index in [1.54, 1.807) is 0 Å². The largest absolute Gasteiger partial charge is 0.438 e. The second-order valence-electron chi connectivity index (χ2n) is 4.24. The van der Waals surface area contributed by atoms with Crippen LogP contribution in [0.15, 0.2) is 0 Å². The fraction of sp³-hybridized carbons (Fsp3) is 0.909. The first-order chi connectivity index (χ1) is 6.74. The van der Waals surface area contributed by atoms with Crippen molar-refractivity contribution in [1.82, 2.24) is 0 Å². The fourth-order valence-corrected chi connectivity index (χ4v) is 1.79. The van der Waals surface area contributed by atoms with Crippen LogP contribution in [0.3, 0.4) is 0 Å². The summed E-state index contributed by atoms with van der Waals surface area (Å²) in [5.74, 6) is 0.224. The van der Waals surface area contributed by atoms with E-state index in [-0.39, 0.29) is 18.3 Å². The molecule has 0 aromatic heterocycles. The molecular formula is C11H20O3. The first kappa shape index (κ1) is 11.5. The van der Waals surface area contributed by atoms with Crippen LogP contribution in [0.2, 0.25) is 0 Å². The van der Waals surface area contributed by atoms with Crippen LogP contribution in [-0.4, -0.2) is 18.9 Å². The van der Waals surface area contributed by atoms with Crippen LogP contribution in [0.4, 0.5) is 0 Å². The Balaban J connectivity index is 2.33. The molecule has 0 aromatic carbocycles. The number of hydrogen-bond donors (Lipinski definition) is 0. The van der Waals surface area contributed by atoms with Gasteiger partial charge in [0.15, 0.2) is 0 Å². The van der Waals surface area contributed by atoms with E-state index in [2.05, 4.69) is 0 Å². The van der Waals surface area contributed by atoms with Gasteiger partial charge in [-0.2, -0.15) is 0 Å². The highest BCUT2D eigenvalue weighted by Crippen LogP contribution is 2.23. The molecule has 1 aliphatic carbocycles. The Bertz CT molecular complexity index is 162. The summed E-state index contributed by atoms with van der Waals surface area (Å²) in [6.07, 6.45) is 5.90. The van der Waals surface area contributed by atoms with Crippen LogP contribution in [0, 0.1) is 5.92 Å². The maximum Gasteiger partial charge on any atom is 0.295 e. The van der Waals surface area contributed by atoms with Crippen molar-refractivity contribution in [3.05, 3.63) is 0 Å². The molecule has 0 heterocycles. The van der Waals surface area contributed by atoms with Gasteiger partial charge < -0.3 is 9.47 Å². The number of hydrogen-bond acceptors (Lipinski definition) is 3. The molecule has 1 fully saturated rings. The van der Waals surface area contributed by atoms with Crippen molar-refractivity contribution in [2.24, 2.45) is 5.92 Å². The molecule has 1 unspecified atom stereocenters. The van der Waals surface area contributed by atoms with Gasteiger partial charge in [-0.1, -0.05) is 33.1 Å². The zero-order valence-electron chi connectivity index (χ0n) is 9.07. The lowest BCUT2D eigenvalue weighted by atomic mass is 9.97. The van der Waals surface area contributed by atoms with E-state index in [1.807, 2.05) is 13.8 Å². The molecule has 0 spiro atoms. The molecule has 1 rings (SSSR count). The summed E-state index contributed by atoms with van der Waals surface area (Å²) in [5.41, 5.74) is 0. The van der Waals surface area contributed by atoms with Crippen LogP contribution in [0.5, 0.6) is 0 Å². The molecule has 0 aliphatic heterocycles. The molecule has 0 N–H and O–H groups in total. The Labute approximate surface area is 85.8 Å². The predicted octanol–water partition coefficient (Wildman–Crippen LogP) is 2.49. The van der Waals surface area contributed by atoms with Crippen LogP contribution >= 0.6 is 0 Å². The van der Waals surface area contributed by atoms with Crippen LogP contribution in [-0.2, 0) is 14.3 Å². The average Bonchev–Trinajstić information content (AvgIpc) is 2.18. The van der Waals surface area contributed by atoms with Crippen molar-refractivity contribution in [2.75, 3.05) is 0 Å². The lowest BCUT2D eigenvalue weighted by Crippen LogP contribution is -2.30. The third-order valence-corrected chi connectivity index (χ3v) is 2.61. The Hall–Kier alpha value is -0.570. The molecular weight excluding hydrogens is 180 g/mol. The SMILES string of the molecule is CC(C)C(OC=O)OC1CCCCC1. The van der Waals surface area contributed by atoms with Crippen LogP contribution in [0.25, 0.3) is 0 Å². The monoisotopic (exact) mass is 200 g/mol. The maximum atomic E-state index is 10.3. The molecule has 0 saturated heterocycles. The maximum absolute atomic E-state index is 10.3. The second kappa shape index (κ2) is 6.02. The Morgan fingerprint density at radius 2 is 1.86 bits per heavy atom. The minimum atomic E-state index is -0.365. The van der Waals surface area contributed by atoms with E-state index in [0.717, 1.165) is 12.8 Å². The minimum Gasteiger partial charge on any atom is -0.438 e. The van der Waals surface area contributed by atoms with Gasteiger partial charge in [0.2, 0.25) is 6.29 Å². The van der Waals surface area contributed by atoms with Crippen molar-refractivity contribution in [1.29, 1.82) is 0 Å². The van der Waals surface area contributed by atoms with Crippen molar-refractivity contribution in [3.63, 3.8) is 0 Å². The van der Waals surface area contributed by atoms with Gasteiger partial charge in [-0.25, -0.2) is 0 Å². The summed E-state index contributed by atoms with van der Waals surface area (Å²) in [6.45, 7) is 4.47. The molecule has 1 aliphatic rings.